The van der Waals surface area contributed by atoms with E-state index >= 15 is 0 Å². The molecule has 0 saturated heterocycles. The van der Waals surface area contributed by atoms with Gasteiger partial charge in [-0.05, 0) is 6.08 Å². The number of nitrogens with two attached hydrogens (primary N) is 1. The van der Waals surface area contributed by atoms with Gasteiger partial charge in [-0.15, -0.1) is 0 Å². The zero-order chi connectivity index (χ0) is 9.14. The third kappa shape index (κ3) is 1.45. The summed E-state index contributed by atoms with van der Waals surface area (Å²) in [4.78, 5) is 12.5. The van der Waals surface area contributed by atoms with Crippen molar-refractivity contribution in [1.82, 2.24) is 0 Å². The molecule has 0 aromatic rings. The van der Waals surface area contributed by atoms with Gasteiger partial charge in [0.05, 0.1) is 4.92 Å². The average molecular weight is 166 g/mol. The van der Waals surface area contributed by atoms with Gasteiger partial charge in [-0.25, -0.2) is 0 Å². The molecule has 0 fully saturated rings. The van der Waals surface area contributed by atoms with Crippen LogP contribution in [0.5, 0.6) is 0 Å². The van der Waals surface area contributed by atoms with Gasteiger partial charge in [0, 0.05) is 6.08 Å². The van der Waals surface area contributed by atoms with E-state index < -0.39 is 11.0 Å². The highest BCUT2D eigenvalue weighted by Crippen LogP contribution is 2.06. The highest BCUT2D eigenvalue weighted by atomic mass is 16.6. The molecule has 0 aliphatic heterocycles. The first-order valence-corrected chi connectivity index (χ1v) is 3.17. The molecule has 0 spiro atoms. The summed E-state index contributed by atoms with van der Waals surface area (Å²) in [6.45, 7) is 0. The van der Waals surface area contributed by atoms with E-state index in [4.69, 9.17) is 11.3 Å². The number of hydrogen-bond acceptors (Lipinski definition) is 3. The lowest BCUT2D eigenvalue weighted by Crippen LogP contribution is -2.30. The highest BCUT2D eigenvalue weighted by molar-refractivity contribution is 5.97. The molecule has 6 heteroatoms. The third-order valence-electron chi connectivity index (χ3n) is 1.44. The molecule has 0 amide bonds. The van der Waals surface area contributed by atoms with Crippen LogP contribution in [0, 0.1) is 10.1 Å². The van der Waals surface area contributed by atoms with Gasteiger partial charge >= 0.3 is 5.71 Å². The van der Waals surface area contributed by atoms with E-state index in [2.05, 4.69) is 4.79 Å². The lowest BCUT2D eigenvalue weighted by Gasteiger charge is -2.01. The van der Waals surface area contributed by atoms with Crippen LogP contribution in [0.4, 0.5) is 0 Å². The molecule has 6 nitrogen and oxygen atoms in total. The molecule has 1 aliphatic rings. The quantitative estimate of drug-likeness (QED) is 0.250. The second-order valence-corrected chi connectivity index (χ2v) is 2.24. The van der Waals surface area contributed by atoms with Crippen molar-refractivity contribution in [2.45, 2.75) is 6.04 Å². The summed E-state index contributed by atoms with van der Waals surface area (Å²) in [7, 11) is 0. The van der Waals surface area contributed by atoms with Crippen LogP contribution in [0.2, 0.25) is 0 Å². The Balaban J connectivity index is 3.04. The minimum absolute atomic E-state index is 0.0872. The minimum atomic E-state index is -0.576. The molecule has 2 N–H and O–H groups in total. The Morgan fingerprint density at radius 3 is 2.92 bits per heavy atom. The third-order valence-corrected chi connectivity index (χ3v) is 1.44. The first kappa shape index (κ1) is 8.32. The molecule has 0 bridgehead atoms. The first-order chi connectivity index (χ1) is 5.65. The number of allylic oxidation sites excluding steroid dienone is 1. The van der Waals surface area contributed by atoms with E-state index in [1.165, 1.54) is 12.2 Å². The summed E-state index contributed by atoms with van der Waals surface area (Å²) in [5.41, 5.74) is 13.7. The topological polar surface area (TPSA) is 106 Å². The standard InChI is InChI=1S/C6H6N4O2/c7-5-2-1-4(10(11)12)3-6(5)9-8/h1-3,5H,7H2. The molecule has 1 aliphatic carbocycles. The molecular formula is C6H6N4O2. The maximum absolute atomic E-state index is 10.2. The Labute approximate surface area is 67.8 Å². The van der Waals surface area contributed by atoms with E-state index in [9.17, 15) is 10.1 Å². The van der Waals surface area contributed by atoms with Crippen molar-refractivity contribution in [1.29, 1.82) is 0 Å². The lowest BCUT2D eigenvalue weighted by molar-refractivity contribution is -0.419. The molecule has 12 heavy (non-hydrogen) atoms. The summed E-state index contributed by atoms with van der Waals surface area (Å²) < 4.78 is 0. The van der Waals surface area contributed by atoms with Gasteiger partial charge in [0.25, 0.3) is 5.70 Å². The molecule has 0 heterocycles. The Hall–Kier alpha value is -1.78. The van der Waals surface area contributed by atoms with E-state index in [0.717, 1.165) is 6.08 Å². The molecule has 1 unspecified atom stereocenters. The molecule has 0 radical (unpaired) electrons. The molecule has 0 saturated carbocycles. The first-order valence-electron chi connectivity index (χ1n) is 3.17. The fourth-order valence-corrected chi connectivity index (χ4v) is 0.806. The van der Waals surface area contributed by atoms with E-state index in [1.54, 1.807) is 0 Å². The zero-order valence-electron chi connectivity index (χ0n) is 6.04. The predicted octanol–water partition coefficient (Wildman–Crippen LogP) is -0.285. The molecule has 1 atom stereocenters. The number of nitrogens with zero attached hydrogens (tertiary/aromatic N) is 3. The van der Waals surface area contributed by atoms with Crippen LogP contribution in [0.1, 0.15) is 0 Å². The van der Waals surface area contributed by atoms with Crippen molar-refractivity contribution in [3.8, 4) is 0 Å². The monoisotopic (exact) mass is 166 g/mol. The van der Waals surface area contributed by atoms with Crippen LogP contribution >= 0.6 is 0 Å². The van der Waals surface area contributed by atoms with Gasteiger partial charge in [-0.2, -0.15) is 4.79 Å². The Morgan fingerprint density at radius 2 is 2.42 bits per heavy atom. The average Bonchev–Trinajstić information content (AvgIpc) is 2.05. The summed E-state index contributed by atoms with van der Waals surface area (Å²) in [6.07, 6.45) is 3.80. The van der Waals surface area contributed by atoms with Gasteiger partial charge in [0.1, 0.15) is 12.1 Å². The zero-order valence-corrected chi connectivity index (χ0v) is 6.04. The number of hydrogen-bond donors (Lipinski definition) is 1. The normalized spacial score (nSPS) is 21.6. The Bertz CT molecular complexity index is 324. The van der Waals surface area contributed by atoms with Crippen molar-refractivity contribution in [2.24, 2.45) is 5.73 Å². The van der Waals surface area contributed by atoms with Crippen LogP contribution in [-0.2, 0) is 0 Å². The second kappa shape index (κ2) is 3.08. The van der Waals surface area contributed by atoms with Crippen molar-refractivity contribution in [3.05, 3.63) is 39.6 Å². The number of nitro groups is 1. The number of rotatable bonds is 1. The van der Waals surface area contributed by atoms with Gasteiger partial charge in [-0.3, -0.25) is 10.1 Å². The van der Waals surface area contributed by atoms with Gasteiger partial charge in [-0.1, -0.05) is 0 Å². The summed E-state index contributed by atoms with van der Waals surface area (Å²) in [5, 5.41) is 10.2. The summed E-state index contributed by atoms with van der Waals surface area (Å²) >= 11 is 0. The summed E-state index contributed by atoms with van der Waals surface area (Å²) in [5.74, 6) is 0. The molecule has 0 aromatic carbocycles. The predicted molar refractivity (Wildman–Crippen MR) is 40.8 cm³/mol. The van der Waals surface area contributed by atoms with E-state index in [-0.39, 0.29) is 11.4 Å². The van der Waals surface area contributed by atoms with Crippen LogP contribution in [0.15, 0.2) is 23.9 Å². The minimum Gasteiger partial charge on any atom is -0.361 e. The molecule has 62 valence electrons. The fraction of sp³-hybridized carbons (Fsp3) is 0.167. The Morgan fingerprint density at radius 1 is 1.75 bits per heavy atom. The highest BCUT2D eigenvalue weighted by Gasteiger charge is 2.23. The fourth-order valence-electron chi connectivity index (χ4n) is 0.806. The van der Waals surface area contributed by atoms with E-state index in [0.29, 0.717) is 0 Å². The SMILES string of the molecule is [N-]=[N+]=C1C=C([N+](=O)[O-])C=CC1N. The molecule has 0 aromatic heterocycles. The largest absolute Gasteiger partial charge is 0.361 e. The van der Waals surface area contributed by atoms with E-state index in [1.807, 2.05) is 0 Å². The van der Waals surface area contributed by atoms with Crippen molar-refractivity contribution < 1.29 is 9.71 Å². The maximum atomic E-state index is 10.2. The molecule has 1 rings (SSSR count). The van der Waals surface area contributed by atoms with Gasteiger partial charge in [0.15, 0.2) is 0 Å². The summed E-state index contributed by atoms with van der Waals surface area (Å²) in [6, 6.07) is -0.571. The van der Waals surface area contributed by atoms with Crippen LogP contribution < -0.4 is 5.73 Å². The van der Waals surface area contributed by atoms with Crippen LogP contribution in [0.3, 0.4) is 0 Å². The van der Waals surface area contributed by atoms with Gasteiger partial charge < -0.3 is 11.3 Å². The maximum Gasteiger partial charge on any atom is 0.319 e. The Kier molecular flexibility index (Phi) is 2.14. The second-order valence-electron chi connectivity index (χ2n) is 2.24. The van der Waals surface area contributed by atoms with Crippen LogP contribution in [0.25, 0.3) is 5.53 Å². The smallest absolute Gasteiger partial charge is 0.319 e. The lowest BCUT2D eigenvalue weighted by atomic mass is 10.1. The molecular weight excluding hydrogens is 160 g/mol. The van der Waals surface area contributed by atoms with Crippen molar-refractivity contribution in [3.63, 3.8) is 0 Å². The van der Waals surface area contributed by atoms with Crippen molar-refractivity contribution in [2.75, 3.05) is 0 Å². The van der Waals surface area contributed by atoms with Gasteiger partial charge in [0.2, 0.25) is 0 Å². The van der Waals surface area contributed by atoms with Crippen molar-refractivity contribution >= 4 is 5.71 Å². The van der Waals surface area contributed by atoms with Crippen LogP contribution in [-0.4, -0.2) is 21.5 Å².